The topological polar surface area (TPSA) is 49.3 Å². The third-order valence-corrected chi connectivity index (χ3v) is 4.82. The number of hydrogen-bond donors (Lipinski definition) is 2. The molecule has 0 atom stereocenters. The second-order valence-corrected chi connectivity index (χ2v) is 6.47. The van der Waals surface area contributed by atoms with Crippen LogP contribution in [0.2, 0.25) is 5.02 Å². The van der Waals surface area contributed by atoms with Gasteiger partial charge in [0.1, 0.15) is 11.6 Å². The standard InChI is InChI=1S/C18H13ClFNO2S/c1-10-12-6-8-24-17(12)18(23)21-7-2-3-15(22)16(10)11-4-5-14(20)13(19)9-11/h2-6,8-9,22H,1,7H2,(H,21,23)/b3-2-,16-15-. The molecule has 3 nitrogen and oxygen atoms in total. The number of allylic oxidation sites excluding steroid dienone is 3. The highest BCUT2D eigenvalue weighted by Crippen LogP contribution is 2.37. The van der Waals surface area contributed by atoms with Crippen molar-refractivity contribution in [3.63, 3.8) is 0 Å². The fourth-order valence-electron chi connectivity index (χ4n) is 2.47. The van der Waals surface area contributed by atoms with Gasteiger partial charge in [-0.1, -0.05) is 30.3 Å². The highest BCUT2D eigenvalue weighted by molar-refractivity contribution is 7.12. The van der Waals surface area contributed by atoms with E-state index in [1.54, 1.807) is 17.5 Å². The molecule has 0 fully saturated rings. The number of aliphatic hydroxyl groups is 1. The van der Waals surface area contributed by atoms with Crippen LogP contribution in [0.25, 0.3) is 11.1 Å². The summed E-state index contributed by atoms with van der Waals surface area (Å²) < 4.78 is 13.5. The van der Waals surface area contributed by atoms with Crippen LogP contribution in [0.3, 0.4) is 0 Å². The van der Waals surface area contributed by atoms with Gasteiger partial charge in [-0.15, -0.1) is 11.3 Å². The number of carbonyl (C=O) groups is 1. The van der Waals surface area contributed by atoms with Gasteiger partial charge in [-0.05, 0) is 40.8 Å². The van der Waals surface area contributed by atoms with Gasteiger partial charge in [-0.25, -0.2) is 4.39 Å². The van der Waals surface area contributed by atoms with Gasteiger partial charge >= 0.3 is 0 Å². The van der Waals surface area contributed by atoms with Crippen LogP contribution < -0.4 is 5.32 Å². The van der Waals surface area contributed by atoms with E-state index in [2.05, 4.69) is 11.9 Å². The summed E-state index contributed by atoms with van der Waals surface area (Å²) in [5.41, 5.74) is 2.01. The molecule has 3 rings (SSSR count). The van der Waals surface area contributed by atoms with Gasteiger partial charge in [-0.3, -0.25) is 4.79 Å². The summed E-state index contributed by atoms with van der Waals surface area (Å²) in [5, 5.41) is 15.0. The first-order valence-electron chi connectivity index (χ1n) is 7.09. The summed E-state index contributed by atoms with van der Waals surface area (Å²) in [4.78, 5) is 12.7. The van der Waals surface area contributed by atoms with Crippen LogP contribution in [0.5, 0.6) is 0 Å². The molecule has 1 aliphatic heterocycles. The summed E-state index contributed by atoms with van der Waals surface area (Å²) in [6.07, 6.45) is 3.11. The number of benzene rings is 1. The second-order valence-electron chi connectivity index (χ2n) is 5.14. The average molecular weight is 362 g/mol. The number of thiophene rings is 1. The van der Waals surface area contributed by atoms with Crippen LogP contribution in [-0.2, 0) is 0 Å². The number of fused-ring (bicyclic) bond motifs is 1. The third kappa shape index (κ3) is 3.00. The van der Waals surface area contributed by atoms with Gasteiger partial charge in [-0.2, -0.15) is 0 Å². The second kappa shape index (κ2) is 6.63. The van der Waals surface area contributed by atoms with Gasteiger partial charge in [0.25, 0.3) is 5.91 Å². The Morgan fingerprint density at radius 1 is 1.33 bits per heavy atom. The number of nitrogens with one attached hydrogen (secondary N) is 1. The maximum absolute atomic E-state index is 13.5. The van der Waals surface area contributed by atoms with E-state index in [1.807, 2.05) is 0 Å². The van der Waals surface area contributed by atoms with E-state index in [1.165, 1.54) is 35.6 Å². The molecule has 1 amide bonds. The Balaban J connectivity index is 2.22. The molecule has 0 saturated carbocycles. The summed E-state index contributed by atoms with van der Waals surface area (Å²) in [7, 11) is 0. The number of hydrogen-bond acceptors (Lipinski definition) is 3. The van der Waals surface area contributed by atoms with Crippen molar-refractivity contribution < 1.29 is 14.3 Å². The summed E-state index contributed by atoms with van der Waals surface area (Å²) in [6, 6.07) is 5.95. The summed E-state index contributed by atoms with van der Waals surface area (Å²) in [6.45, 7) is 4.32. The lowest BCUT2D eigenvalue weighted by atomic mass is 9.92. The fourth-order valence-corrected chi connectivity index (χ4v) is 3.49. The minimum atomic E-state index is -0.544. The third-order valence-electron chi connectivity index (χ3n) is 3.62. The molecule has 1 aliphatic rings. The molecule has 2 N–H and O–H groups in total. The normalized spacial score (nSPS) is 19.6. The maximum atomic E-state index is 13.5. The molecule has 0 aliphatic carbocycles. The number of rotatable bonds is 1. The van der Waals surface area contributed by atoms with Crippen molar-refractivity contribution in [2.24, 2.45) is 0 Å². The quantitative estimate of drug-likeness (QED) is 0.764. The molecule has 2 heterocycles. The smallest absolute Gasteiger partial charge is 0.262 e. The molecule has 0 radical (unpaired) electrons. The van der Waals surface area contributed by atoms with Gasteiger partial charge in [0, 0.05) is 17.7 Å². The number of carbonyl (C=O) groups excluding carboxylic acids is 1. The molecular formula is C18H13ClFNO2S. The largest absolute Gasteiger partial charge is 0.507 e. The molecule has 0 bridgehead atoms. The Bertz CT molecular complexity index is 898. The molecule has 1 aromatic carbocycles. The van der Waals surface area contributed by atoms with Crippen LogP contribution in [0.1, 0.15) is 20.8 Å². The van der Waals surface area contributed by atoms with E-state index in [9.17, 15) is 14.3 Å². The first kappa shape index (κ1) is 16.5. The van der Waals surface area contributed by atoms with Gasteiger partial charge in [0.2, 0.25) is 0 Å². The highest BCUT2D eigenvalue weighted by Gasteiger charge is 2.21. The molecule has 0 unspecified atom stereocenters. The Hall–Kier alpha value is -2.37. The van der Waals surface area contributed by atoms with Crippen molar-refractivity contribution in [2.75, 3.05) is 6.54 Å². The van der Waals surface area contributed by atoms with Crippen LogP contribution >= 0.6 is 22.9 Å². The van der Waals surface area contributed by atoms with Crippen molar-refractivity contribution in [3.8, 4) is 0 Å². The van der Waals surface area contributed by atoms with Crippen LogP contribution in [0.15, 0.2) is 54.1 Å². The SMILES string of the molecule is C=C1/C(c2ccc(F)c(Cl)c2)=C(O)\C=C/CNC(=O)c2sccc21. The predicted molar refractivity (Wildman–Crippen MR) is 95.8 cm³/mol. The van der Waals surface area contributed by atoms with Crippen molar-refractivity contribution in [1.82, 2.24) is 5.32 Å². The minimum Gasteiger partial charge on any atom is -0.507 e. The molecular weight excluding hydrogens is 349 g/mol. The molecule has 1 aromatic heterocycles. The fraction of sp³-hybridized carbons (Fsp3) is 0.0556. The average Bonchev–Trinajstić information content (AvgIpc) is 3.04. The Labute approximate surface area is 147 Å². The summed E-state index contributed by atoms with van der Waals surface area (Å²) in [5.74, 6) is -0.781. The number of amides is 1. The van der Waals surface area contributed by atoms with E-state index in [4.69, 9.17) is 11.6 Å². The van der Waals surface area contributed by atoms with Crippen molar-refractivity contribution in [2.45, 2.75) is 0 Å². The zero-order valence-corrected chi connectivity index (χ0v) is 14.0. The van der Waals surface area contributed by atoms with Crippen molar-refractivity contribution >= 4 is 40.0 Å². The van der Waals surface area contributed by atoms with Gasteiger partial charge < -0.3 is 10.4 Å². The van der Waals surface area contributed by atoms with E-state index in [-0.39, 0.29) is 23.2 Å². The number of halogens is 2. The summed E-state index contributed by atoms with van der Waals surface area (Å²) >= 11 is 7.17. The van der Waals surface area contributed by atoms with Crippen molar-refractivity contribution in [1.29, 1.82) is 0 Å². The molecule has 24 heavy (non-hydrogen) atoms. The lowest BCUT2D eigenvalue weighted by Crippen LogP contribution is -2.23. The lowest BCUT2D eigenvalue weighted by Gasteiger charge is -2.15. The maximum Gasteiger partial charge on any atom is 0.262 e. The van der Waals surface area contributed by atoms with Crippen LogP contribution in [0, 0.1) is 5.82 Å². The van der Waals surface area contributed by atoms with E-state index < -0.39 is 5.82 Å². The molecule has 6 heteroatoms. The zero-order valence-electron chi connectivity index (χ0n) is 12.5. The van der Waals surface area contributed by atoms with E-state index in [0.29, 0.717) is 27.2 Å². The Morgan fingerprint density at radius 3 is 2.88 bits per heavy atom. The van der Waals surface area contributed by atoms with E-state index >= 15 is 0 Å². The zero-order chi connectivity index (χ0) is 17.3. The van der Waals surface area contributed by atoms with Crippen molar-refractivity contribution in [3.05, 3.63) is 81.0 Å². The Kier molecular flexibility index (Phi) is 4.55. The highest BCUT2D eigenvalue weighted by atomic mass is 35.5. The molecule has 0 spiro atoms. The lowest BCUT2D eigenvalue weighted by molar-refractivity contribution is 0.0961. The minimum absolute atomic E-state index is 0.0315. The van der Waals surface area contributed by atoms with Gasteiger partial charge in [0.15, 0.2) is 0 Å². The van der Waals surface area contributed by atoms with Crippen LogP contribution in [0.4, 0.5) is 4.39 Å². The first-order valence-corrected chi connectivity index (χ1v) is 8.35. The molecule has 122 valence electrons. The predicted octanol–water partition coefficient (Wildman–Crippen LogP) is 4.82. The monoisotopic (exact) mass is 361 g/mol. The van der Waals surface area contributed by atoms with E-state index in [0.717, 1.165) is 0 Å². The van der Waals surface area contributed by atoms with Crippen LogP contribution in [-0.4, -0.2) is 17.6 Å². The molecule has 0 saturated heterocycles. The molecule has 2 aromatic rings. The van der Waals surface area contributed by atoms with Gasteiger partial charge in [0.05, 0.1) is 9.90 Å². The Morgan fingerprint density at radius 2 is 2.12 bits per heavy atom. The number of aliphatic hydroxyl groups excluding tert-OH is 1. The first-order chi connectivity index (χ1) is 11.5.